The zero-order valence-corrected chi connectivity index (χ0v) is 11.5. The van der Waals surface area contributed by atoms with Gasteiger partial charge in [-0.1, -0.05) is 0 Å². The Balaban J connectivity index is 2.87. The highest BCUT2D eigenvalue weighted by Crippen LogP contribution is 2.30. The number of carbonyl (C=O) groups is 1. The number of amides is 1. The average Bonchev–Trinajstić information content (AvgIpc) is 2.37. The molecule has 1 saturated heterocycles. The van der Waals surface area contributed by atoms with Crippen LogP contribution in [0.1, 0.15) is 41.5 Å². The molecular weight excluding hydrogens is 222 g/mol. The summed E-state index contributed by atoms with van der Waals surface area (Å²) in [5.41, 5.74) is -1.30. The van der Waals surface area contributed by atoms with Gasteiger partial charge in [-0.25, -0.2) is 4.79 Å². The third-order valence-corrected chi connectivity index (χ3v) is 2.67. The summed E-state index contributed by atoms with van der Waals surface area (Å²) in [5.74, 6) is 0. The van der Waals surface area contributed by atoms with Gasteiger partial charge >= 0.3 is 6.09 Å². The first kappa shape index (κ1) is 14.3. The molecule has 0 aromatic heterocycles. The molecule has 1 fully saturated rings. The standard InChI is InChI=1S/C12H23NO4/c1-8(14)9-7-16-12(5,6)13(9)10(15)17-11(2,3)4/h8-9,14H,7H2,1-6H3/t8-,9-/m0/s1. The normalized spacial score (nSPS) is 25.8. The number of rotatable bonds is 1. The second-order valence-corrected chi connectivity index (χ2v) is 5.92. The second kappa shape index (κ2) is 4.46. The summed E-state index contributed by atoms with van der Waals surface area (Å²) in [6.07, 6.45) is -1.10. The molecule has 5 heteroatoms. The molecule has 1 rings (SSSR count). The lowest BCUT2D eigenvalue weighted by molar-refractivity contribution is -0.0670. The molecule has 2 atom stereocenters. The summed E-state index contributed by atoms with van der Waals surface area (Å²) in [5, 5.41) is 9.67. The fourth-order valence-corrected chi connectivity index (χ4v) is 1.85. The summed E-state index contributed by atoms with van der Waals surface area (Å²) >= 11 is 0. The lowest BCUT2D eigenvalue weighted by Gasteiger charge is -2.35. The van der Waals surface area contributed by atoms with Gasteiger partial charge in [0.2, 0.25) is 0 Å². The van der Waals surface area contributed by atoms with E-state index in [4.69, 9.17) is 9.47 Å². The van der Waals surface area contributed by atoms with Crippen molar-refractivity contribution in [3.05, 3.63) is 0 Å². The van der Waals surface area contributed by atoms with E-state index in [-0.39, 0.29) is 6.04 Å². The van der Waals surface area contributed by atoms with Gasteiger partial charge in [-0.05, 0) is 41.5 Å². The van der Waals surface area contributed by atoms with Crippen LogP contribution < -0.4 is 0 Å². The topological polar surface area (TPSA) is 59.0 Å². The highest BCUT2D eigenvalue weighted by molar-refractivity contribution is 5.69. The van der Waals surface area contributed by atoms with Crippen LogP contribution in [-0.4, -0.2) is 46.2 Å². The number of aliphatic hydroxyl groups is 1. The van der Waals surface area contributed by atoms with Crippen molar-refractivity contribution in [1.82, 2.24) is 4.90 Å². The van der Waals surface area contributed by atoms with Crippen molar-refractivity contribution in [2.45, 2.75) is 65.0 Å². The molecule has 0 bridgehead atoms. The number of carbonyl (C=O) groups excluding carboxylic acids is 1. The fourth-order valence-electron chi connectivity index (χ4n) is 1.85. The SMILES string of the molecule is C[C@H](O)[C@@H]1COC(C)(C)N1C(=O)OC(C)(C)C. The van der Waals surface area contributed by atoms with Crippen LogP contribution in [0.3, 0.4) is 0 Å². The Labute approximate surface area is 103 Å². The monoisotopic (exact) mass is 245 g/mol. The van der Waals surface area contributed by atoms with Crippen LogP contribution in [-0.2, 0) is 9.47 Å². The molecule has 5 nitrogen and oxygen atoms in total. The molecule has 1 aliphatic heterocycles. The van der Waals surface area contributed by atoms with Crippen molar-refractivity contribution in [2.24, 2.45) is 0 Å². The van der Waals surface area contributed by atoms with Crippen molar-refractivity contribution in [2.75, 3.05) is 6.61 Å². The van der Waals surface area contributed by atoms with Crippen molar-refractivity contribution < 1.29 is 19.4 Å². The Bertz CT molecular complexity index is 293. The molecule has 100 valence electrons. The summed E-state index contributed by atoms with van der Waals surface area (Å²) < 4.78 is 10.9. The molecule has 1 N–H and O–H groups in total. The molecule has 1 heterocycles. The van der Waals surface area contributed by atoms with Gasteiger partial charge in [-0.15, -0.1) is 0 Å². The Kier molecular flexibility index (Phi) is 3.74. The maximum absolute atomic E-state index is 12.1. The average molecular weight is 245 g/mol. The molecule has 0 spiro atoms. The van der Waals surface area contributed by atoms with Crippen LogP contribution in [0.15, 0.2) is 0 Å². The lowest BCUT2D eigenvalue weighted by atomic mass is 10.1. The van der Waals surface area contributed by atoms with E-state index in [1.165, 1.54) is 4.90 Å². The van der Waals surface area contributed by atoms with Gasteiger partial charge in [0.25, 0.3) is 0 Å². The second-order valence-electron chi connectivity index (χ2n) is 5.92. The van der Waals surface area contributed by atoms with Crippen molar-refractivity contribution in [3.8, 4) is 0 Å². The van der Waals surface area contributed by atoms with Gasteiger partial charge in [-0.3, -0.25) is 4.90 Å². The van der Waals surface area contributed by atoms with E-state index in [0.29, 0.717) is 6.61 Å². The Morgan fingerprint density at radius 2 is 2.06 bits per heavy atom. The molecule has 1 amide bonds. The first-order valence-electron chi connectivity index (χ1n) is 5.89. The van der Waals surface area contributed by atoms with Gasteiger partial charge in [0.05, 0.1) is 18.8 Å². The van der Waals surface area contributed by atoms with Crippen LogP contribution in [0, 0.1) is 0 Å². The summed E-state index contributed by atoms with van der Waals surface area (Å²) in [6.45, 7) is 11.0. The third kappa shape index (κ3) is 3.33. The van der Waals surface area contributed by atoms with Crippen LogP contribution in [0.5, 0.6) is 0 Å². The van der Waals surface area contributed by atoms with E-state index in [1.807, 2.05) is 20.8 Å². The van der Waals surface area contributed by atoms with Gasteiger partial charge in [0, 0.05) is 0 Å². The Morgan fingerprint density at radius 1 is 1.53 bits per heavy atom. The molecule has 0 saturated carbocycles. The minimum atomic E-state index is -0.746. The highest BCUT2D eigenvalue weighted by atomic mass is 16.6. The van der Waals surface area contributed by atoms with Gasteiger partial charge in [0.15, 0.2) is 0 Å². The molecule has 0 aromatic rings. The minimum Gasteiger partial charge on any atom is -0.444 e. The van der Waals surface area contributed by atoms with E-state index in [2.05, 4.69) is 0 Å². The van der Waals surface area contributed by atoms with E-state index >= 15 is 0 Å². The minimum absolute atomic E-state index is 0.323. The Morgan fingerprint density at radius 3 is 2.47 bits per heavy atom. The zero-order chi connectivity index (χ0) is 13.4. The highest BCUT2D eigenvalue weighted by Gasteiger charge is 2.47. The summed E-state index contributed by atoms with van der Waals surface area (Å²) in [6, 6.07) is -0.361. The number of aliphatic hydroxyl groups excluding tert-OH is 1. The van der Waals surface area contributed by atoms with E-state index in [0.717, 1.165) is 0 Å². The summed E-state index contributed by atoms with van der Waals surface area (Å²) in [4.78, 5) is 13.6. The first-order valence-corrected chi connectivity index (χ1v) is 5.89. The lowest BCUT2D eigenvalue weighted by Crippen LogP contribution is -2.52. The Hall–Kier alpha value is -0.810. The van der Waals surface area contributed by atoms with Crippen molar-refractivity contribution in [3.63, 3.8) is 0 Å². The van der Waals surface area contributed by atoms with Gasteiger partial charge in [0.1, 0.15) is 11.3 Å². The van der Waals surface area contributed by atoms with Crippen LogP contribution in [0.2, 0.25) is 0 Å². The van der Waals surface area contributed by atoms with Gasteiger partial charge in [-0.2, -0.15) is 0 Å². The molecule has 0 aliphatic carbocycles. The molecule has 1 aliphatic rings. The predicted octanol–water partition coefficient (Wildman–Crippen LogP) is 1.74. The molecular formula is C12H23NO4. The first-order chi connectivity index (χ1) is 7.54. The smallest absolute Gasteiger partial charge is 0.412 e. The quantitative estimate of drug-likeness (QED) is 0.764. The maximum Gasteiger partial charge on any atom is 0.412 e. The third-order valence-electron chi connectivity index (χ3n) is 2.67. The predicted molar refractivity (Wildman–Crippen MR) is 63.6 cm³/mol. The largest absolute Gasteiger partial charge is 0.444 e. The number of ether oxygens (including phenoxy) is 2. The van der Waals surface area contributed by atoms with E-state index < -0.39 is 23.5 Å². The molecule has 0 radical (unpaired) electrons. The number of hydrogen-bond donors (Lipinski definition) is 1. The van der Waals surface area contributed by atoms with Crippen molar-refractivity contribution >= 4 is 6.09 Å². The van der Waals surface area contributed by atoms with Crippen LogP contribution in [0.25, 0.3) is 0 Å². The van der Waals surface area contributed by atoms with E-state index in [1.54, 1.807) is 20.8 Å². The van der Waals surface area contributed by atoms with E-state index in [9.17, 15) is 9.90 Å². The number of hydrogen-bond acceptors (Lipinski definition) is 4. The van der Waals surface area contributed by atoms with Crippen molar-refractivity contribution in [1.29, 1.82) is 0 Å². The summed E-state index contributed by atoms with van der Waals surface area (Å²) in [7, 11) is 0. The van der Waals surface area contributed by atoms with Crippen LogP contribution >= 0.6 is 0 Å². The molecule has 17 heavy (non-hydrogen) atoms. The fraction of sp³-hybridized carbons (Fsp3) is 0.917. The molecule has 0 unspecified atom stereocenters. The van der Waals surface area contributed by atoms with Crippen LogP contribution in [0.4, 0.5) is 4.79 Å². The molecule has 0 aromatic carbocycles. The number of nitrogens with zero attached hydrogens (tertiary/aromatic N) is 1. The van der Waals surface area contributed by atoms with Gasteiger partial charge < -0.3 is 14.6 Å². The maximum atomic E-state index is 12.1. The zero-order valence-electron chi connectivity index (χ0n) is 11.5.